The van der Waals surface area contributed by atoms with Crippen LogP contribution >= 0.6 is 0 Å². The Morgan fingerprint density at radius 1 is 0.957 bits per heavy atom. The molecule has 0 saturated carbocycles. The molecule has 0 radical (unpaired) electrons. The second kappa shape index (κ2) is 7.94. The molecule has 1 aliphatic heterocycles. The monoisotopic (exact) mass is 312 g/mol. The summed E-state index contributed by atoms with van der Waals surface area (Å²) in [7, 11) is 0. The molecule has 0 unspecified atom stereocenters. The number of hydrogen-bond acceptors (Lipinski definition) is 1. The van der Waals surface area contributed by atoms with E-state index < -0.39 is 0 Å². The van der Waals surface area contributed by atoms with Crippen molar-refractivity contribution in [3.05, 3.63) is 47.0 Å². The van der Waals surface area contributed by atoms with Gasteiger partial charge in [0.2, 0.25) is 0 Å². The Kier molecular flexibility index (Phi) is 5.69. The maximum absolute atomic E-state index is 5.80. The molecule has 0 aromatic heterocycles. The fourth-order valence-corrected chi connectivity index (χ4v) is 3.71. The molecule has 3 rings (SSSR count). The molecule has 1 heterocycles. The van der Waals surface area contributed by atoms with Crippen LogP contribution in [-0.2, 0) is 24.5 Å². The summed E-state index contributed by atoms with van der Waals surface area (Å²) in [6.45, 7) is 9.89. The van der Waals surface area contributed by atoms with Crippen LogP contribution in [0.2, 0.25) is 0 Å². The van der Waals surface area contributed by atoms with E-state index in [4.69, 9.17) is 4.74 Å². The molecular formula is C21H30NO+. The van der Waals surface area contributed by atoms with E-state index in [9.17, 15) is 0 Å². The van der Waals surface area contributed by atoms with Crippen LogP contribution in [0.3, 0.4) is 0 Å². The van der Waals surface area contributed by atoms with Gasteiger partial charge in [-0.05, 0) is 40.8 Å². The molecule has 2 heteroatoms. The third-order valence-corrected chi connectivity index (χ3v) is 5.07. The first kappa shape index (κ1) is 16.5. The first-order chi connectivity index (χ1) is 11.3. The fraction of sp³-hybridized carbons (Fsp3) is 0.524. The van der Waals surface area contributed by atoms with Gasteiger partial charge in [0, 0.05) is 5.56 Å². The minimum Gasteiger partial charge on any atom is -0.372 e. The zero-order valence-electron chi connectivity index (χ0n) is 14.7. The summed E-state index contributed by atoms with van der Waals surface area (Å²) >= 11 is 0. The summed E-state index contributed by atoms with van der Waals surface area (Å²) in [5, 5.41) is 2.75. The number of quaternary nitrogens is 1. The third kappa shape index (κ3) is 3.76. The van der Waals surface area contributed by atoms with Crippen molar-refractivity contribution in [1.29, 1.82) is 0 Å². The van der Waals surface area contributed by atoms with E-state index in [0.29, 0.717) is 0 Å². The standard InChI is InChI=1S/C21H29NO/c1-3-5-11-22(12-6-4-2)14-18-13-17-9-7-8-10-19(17)21-16-23-15-20(18)21/h7-10,13H,3-6,11-12,14-16H2,1-2H3/p+1. The van der Waals surface area contributed by atoms with E-state index >= 15 is 0 Å². The van der Waals surface area contributed by atoms with E-state index in [-0.39, 0.29) is 0 Å². The van der Waals surface area contributed by atoms with Crippen LogP contribution in [-0.4, -0.2) is 13.1 Å². The van der Waals surface area contributed by atoms with Gasteiger partial charge in [0.1, 0.15) is 6.54 Å². The van der Waals surface area contributed by atoms with Gasteiger partial charge < -0.3 is 9.64 Å². The Bertz CT molecular complexity index is 642. The minimum atomic E-state index is 0.781. The van der Waals surface area contributed by atoms with Gasteiger partial charge >= 0.3 is 0 Å². The highest BCUT2D eigenvalue weighted by Gasteiger charge is 2.21. The molecule has 23 heavy (non-hydrogen) atoms. The summed E-state index contributed by atoms with van der Waals surface area (Å²) < 4.78 is 5.80. The lowest BCUT2D eigenvalue weighted by molar-refractivity contribution is -0.914. The van der Waals surface area contributed by atoms with E-state index in [1.807, 2.05) is 0 Å². The highest BCUT2D eigenvalue weighted by Crippen LogP contribution is 2.31. The maximum Gasteiger partial charge on any atom is 0.103 e. The molecule has 0 saturated heterocycles. The van der Waals surface area contributed by atoms with Gasteiger partial charge in [-0.25, -0.2) is 0 Å². The zero-order valence-corrected chi connectivity index (χ0v) is 14.7. The average molecular weight is 312 g/mol. The topological polar surface area (TPSA) is 13.7 Å². The molecule has 1 N–H and O–H groups in total. The lowest BCUT2D eigenvalue weighted by Gasteiger charge is -2.21. The van der Waals surface area contributed by atoms with Crippen molar-refractivity contribution < 1.29 is 9.64 Å². The van der Waals surface area contributed by atoms with Crippen molar-refractivity contribution >= 4 is 10.8 Å². The molecule has 0 fully saturated rings. The van der Waals surface area contributed by atoms with Gasteiger partial charge in [-0.1, -0.05) is 51.0 Å². The fourth-order valence-electron chi connectivity index (χ4n) is 3.71. The second-order valence-electron chi connectivity index (χ2n) is 6.84. The van der Waals surface area contributed by atoms with E-state index in [0.717, 1.165) is 19.8 Å². The predicted molar refractivity (Wildman–Crippen MR) is 96.7 cm³/mol. The number of rotatable bonds is 8. The quantitative estimate of drug-likeness (QED) is 0.781. The number of nitrogens with one attached hydrogen (secondary N) is 1. The van der Waals surface area contributed by atoms with Crippen LogP contribution in [0.1, 0.15) is 56.2 Å². The number of hydrogen-bond donors (Lipinski definition) is 1. The highest BCUT2D eigenvalue weighted by molar-refractivity contribution is 5.88. The largest absolute Gasteiger partial charge is 0.372 e. The molecule has 0 amide bonds. The van der Waals surface area contributed by atoms with E-state index in [1.165, 1.54) is 66.2 Å². The molecule has 0 bridgehead atoms. The van der Waals surface area contributed by atoms with Crippen LogP contribution in [0.15, 0.2) is 30.3 Å². The second-order valence-corrected chi connectivity index (χ2v) is 6.84. The van der Waals surface area contributed by atoms with Crippen LogP contribution in [0.4, 0.5) is 0 Å². The smallest absolute Gasteiger partial charge is 0.103 e. The zero-order chi connectivity index (χ0) is 16.1. The van der Waals surface area contributed by atoms with Gasteiger partial charge in [0.15, 0.2) is 0 Å². The third-order valence-electron chi connectivity index (χ3n) is 5.07. The van der Waals surface area contributed by atoms with Gasteiger partial charge in [0.25, 0.3) is 0 Å². The van der Waals surface area contributed by atoms with Gasteiger partial charge in [-0.15, -0.1) is 0 Å². The molecule has 0 aliphatic carbocycles. The molecular weight excluding hydrogens is 282 g/mol. The normalized spacial score (nSPS) is 13.9. The first-order valence-electron chi connectivity index (χ1n) is 9.27. The number of benzene rings is 2. The summed E-state index contributed by atoms with van der Waals surface area (Å²) in [6.07, 6.45) is 5.22. The Morgan fingerprint density at radius 2 is 1.65 bits per heavy atom. The molecule has 2 aromatic rings. The first-order valence-corrected chi connectivity index (χ1v) is 9.27. The van der Waals surface area contributed by atoms with Crippen molar-refractivity contribution in [2.24, 2.45) is 0 Å². The lowest BCUT2D eigenvalue weighted by Crippen LogP contribution is -3.10. The van der Waals surface area contributed by atoms with Gasteiger partial charge in [-0.3, -0.25) is 0 Å². The molecule has 0 spiro atoms. The number of ether oxygens (including phenoxy) is 1. The van der Waals surface area contributed by atoms with E-state index in [1.54, 1.807) is 4.90 Å². The Hall–Kier alpha value is -1.38. The number of unbranched alkanes of at least 4 members (excludes halogenated alkanes) is 2. The van der Waals surface area contributed by atoms with Crippen molar-refractivity contribution in [3.8, 4) is 0 Å². The highest BCUT2D eigenvalue weighted by atomic mass is 16.5. The maximum atomic E-state index is 5.80. The summed E-state index contributed by atoms with van der Waals surface area (Å²) in [5.41, 5.74) is 4.41. The summed E-state index contributed by atoms with van der Waals surface area (Å²) in [5.74, 6) is 0. The summed E-state index contributed by atoms with van der Waals surface area (Å²) in [6, 6.07) is 11.2. The summed E-state index contributed by atoms with van der Waals surface area (Å²) in [4.78, 5) is 1.73. The number of fused-ring (bicyclic) bond motifs is 3. The molecule has 124 valence electrons. The molecule has 2 nitrogen and oxygen atoms in total. The van der Waals surface area contributed by atoms with Crippen LogP contribution in [0, 0.1) is 0 Å². The Morgan fingerprint density at radius 3 is 2.39 bits per heavy atom. The minimum absolute atomic E-state index is 0.781. The molecule has 0 atom stereocenters. The SMILES string of the molecule is CCCC[NH+](CCCC)Cc1cc2ccccc2c2c1COC2. The van der Waals surface area contributed by atoms with Crippen LogP contribution in [0.5, 0.6) is 0 Å². The van der Waals surface area contributed by atoms with Crippen molar-refractivity contribution in [2.75, 3.05) is 13.1 Å². The Balaban J connectivity index is 1.89. The lowest BCUT2D eigenvalue weighted by atomic mass is 9.95. The molecule has 2 aromatic carbocycles. The van der Waals surface area contributed by atoms with Crippen molar-refractivity contribution in [2.45, 2.75) is 59.3 Å². The van der Waals surface area contributed by atoms with Crippen molar-refractivity contribution in [3.63, 3.8) is 0 Å². The van der Waals surface area contributed by atoms with Gasteiger partial charge in [0.05, 0.1) is 26.3 Å². The van der Waals surface area contributed by atoms with Crippen LogP contribution in [0.25, 0.3) is 10.8 Å². The van der Waals surface area contributed by atoms with Crippen molar-refractivity contribution in [1.82, 2.24) is 0 Å². The average Bonchev–Trinajstić information content (AvgIpc) is 3.07. The van der Waals surface area contributed by atoms with Crippen LogP contribution < -0.4 is 4.90 Å². The Labute approximate surface area is 140 Å². The predicted octanol–water partition coefficient (Wildman–Crippen LogP) is 3.86. The van der Waals surface area contributed by atoms with E-state index in [2.05, 4.69) is 44.2 Å². The molecule has 1 aliphatic rings. The van der Waals surface area contributed by atoms with Gasteiger partial charge in [-0.2, -0.15) is 0 Å².